The van der Waals surface area contributed by atoms with Crippen molar-refractivity contribution in [3.05, 3.63) is 42.7 Å². The summed E-state index contributed by atoms with van der Waals surface area (Å²) in [7, 11) is 0. The Morgan fingerprint density at radius 1 is 1.26 bits per heavy atom. The summed E-state index contributed by atoms with van der Waals surface area (Å²) in [6, 6.07) is 9.63. The largest absolute Gasteiger partial charge is 0.342 e. The van der Waals surface area contributed by atoms with Crippen LogP contribution in [0.15, 0.2) is 42.7 Å². The second-order valence-electron chi connectivity index (χ2n) is 5.48. The maximum absolute atomic E-state index is 12.2. The van der Waals surface area contributed by atoms with Crippen molar-refractivity contribution in [1.82, 2.24) is 14.9 Å². The van der Waals surface area contributed by atoms with Gasteiger partial charge in [-0.3, -0.25) is 9.59 Å². The first kappa shape index (κ1) is 15.1. The molecule has 1 atom stereocenters. The van der Waals surface area contributed by atoms with Gasteiger partial charge >= 0.3 is 0 Å². The molecule has 0 unspecified atom stereocenters. The van der Waals surface area contributed by atoms with Gasteiger partial charge in [0.15, 0.2) is 5.82 Å². The number of hydrogen-bond donors (Lipinski definition) is 1. The molecule has 6 nitrogen and oxygen atoms in total. The third-order valence-electron chi connectivity index (χ3n) is 3.92. The molecule has 1 aromatic heterocycles. The van der Waals surface area contributed by atoms with Gasteiger partial charge < -0.3 is 10.2 Å². The molecule has 1 aliphatic heterocycles. The Hall–Kier alpha value is -2.76. The Balaban J connectivity index is 1.65. The average Bonchev–Trinajstić information content (AvgIpc) is 2.97. The predicted octanol–water partition coefficient (Wildman–Crippen LogP) is 1.95. The van der Waals surface area contributed by atoms with Crippen LogP contribution < -0.4 is 5.32 Å². The SMILES string of the molecule is CCN1C[C@H](C(=O)Nc2cnc(-c3ccccc3)nc2)CC1=O. The molecule has 1 saturated heterocycles. The first-order chi connectivity index (χ1) is 11.2. The Kier molecular flexibility index (Phi) is 4.32. The van der Waals surface area contributed by atoms with Gasteiger partial charge in [0.25, 0.3) is 0 Å². The summed E-state index contributed by atoms with van der Waals surface area (Å²) in [6.45, 7) is 3.02. The Morgan fingerprint density at radius 3 is 2.57 bits per heavy atom. The highest BCUT2D eigenvalue weighted by atomic mass is 16.2. The number of carbonyl (C=O) groups is 2. The molecular weight excluding hydrogens is 292 g/mol. The summed E-state index contributed by atoms with van der Waals surface area (Å²) in [4.78, 5) is 34.2. The second kappa shape index (κ2) is 6.56. The van der Waals surface area contributed by atoms with E-state index in [0.29, 0.717) is 24.6 Å². The Labute approximate surface area is 134 Å². The molecule has 0 aliphatic carbocycles. The van der Waals surface area contributed by atoms with E-state index in [9.17, 15) is 9.59 Å². The number of nitrogens with zero attached hydrogens (tertiary/aromatic N) is 3. The first-order valence-corrected chi connectivity index (χ1v) is 7.63. The molecule has 2 amide bonds. The van der Waals surface area contributed by atoms with Gasteiger partial charge in [0.05, 0.1) is 24.0 Å². The van der Waals surface area contributed by atoms with Gasteiger partial charge in [0.1, 0.15) is 0 Å². The van der Waals surface area contributed by atoms with E-state index in [4.69, 9.17) is 0 Å². The van der Waals surface area contributed by atoms with Crippen LogP contribution in [0, 0.1) is 5.92 Å². The number of hydrogen-bond acceptors (Lipinski definition) is 4. The Morgan fingerprint density at radius 2 is 1.96 bits per heavy atom. The normalized spacial score (nSPS) is 17.3. The van der Waals surface area contributed by atoms with Crippen LogP contribution >= 0.6 is 0 Å². The van der Waals surface area contributed by atoms with Crippen molar-refractivity contribution in [3.8, 4) is 11.4 Å². The average molecular weight is 310 g/mol. The monoisotopic (exact) mass is 310 g/mol. The van der Waals surface area contributed by atoms with Gasteiger partial charge in [-0.15, -0.1) is 0 Å². The second-order valence-corrected chi connectivity index (χ2v) is 5.48. The zero-order chi connectivity index (χ0) is 16.2. The van der Waals surface area contributed by atoms with Gasteiger partial charge in [-0.25, -0.2) is 9.97 Å². The van der Waals surface area contributed by atoms with Crippen LogP contribution in [0.25, 0.3) is 11.4 Å². The van der Waals surface area contributed by atoms with Gasteiger partial charge in [0.2, 0.25) is 11.8 Å². The summed E-state index contributed by atoms with van der Waals surface area (Å²) < 4.78 is 0. The lowest BCUT2D eigenvalue weighted by molar-refractivity contribution is -0.128. The van der Waals surface area contributed by atoms with Crippen LogP contribution in [-0.2, 0) is 9.59 Å². The molecule has 0 spiro atoms. The van der Waals surface area contributed by atoms with Crippen LogP contribution in [0.5, 0.6) is 0 Å². The Bertz CT molecular complexity index is 700. The minimum Gasteiger partial charge on any atom is -0.342 e. The molecule has 1 aliphatic rings. The number of carbonyl (C=O) groups excluding carboxylic acids is 2. The summed E-state index contributed by atoms with van der Waals surface area (Å²) in [5.41, 5.74) is 1.46. The van der Waals surface area contributed by atoms with Crippen LogP contribution in [-0.4, -0.2) is 39.8 Å². The molecule has 0 bridgehead atoms. The van der Waals surface area contributed by atoms with Crippen LogP contribution in [0.2, 0.25) is 0 Å². The van der Waals surface area contributed by atoms with E-state index in [1.165, 1.54) is 0 Å². The number of amides is 2. The lowest BCUT2D eigenvalue weighted by atomic mass is 10.1. The van der Waals surface area contributed by atoms with Crippen molar-refractivity contribution in [2.45, 2.75) is 13.3 Å². The smallest absolute Gasteiger partial charge is 0.229 e. The lowest BCUT2D eigenvalue weighted by Gasteiger charge is -2.13. The molecule has 0 radical (unpaired) electrons. The molecule has 2 heterocycles. The van der Waals surface area contributed by atoms with Crippen molar-refractivity contribution in [2.75, 3.05) is 18.4 Å². The summed E-state index contributed by atoms with van der Waals surface area (Å²) in [6.07, 6.45) is 3.44. The van der Waals surface area contributed by atoms with Crippen LogP contribution in [0.1, 0.15) is 13.3 Å². The standard InChI is InChI=1S/C17H18N4O2/c1-2-21-11-13(8-15(21)22)17(23)20-14-9-18-16(19-10-14)12-6-4-3-5-7-12/h3-7,9-10,13H,2,8,11H2,1H3,(H,20,23)/t13-/m1/s1. The van der Waals surface area contributed by atoms with Gasteiger partial charge in [0, 0.05) is 25.1 Å². The predicted molar refractivity (Wildman–Crippen MR) is 86.5 cm³/mol. The number of anilines is 1. The van der Waals surface area contributed by atoms with E-state index in [1.807, 2.05) is 37.3 Å². The molecular formula is C17H18N4O2. The molecule has 23 heavy (non-hydrogen) atoms. The van der Waals surface area contributed by atoms with E-state index < -0.39 is 0 Å². The molecule has 0 saturated carbocycles. The number of likely N-dealkylation sites (tertiary alicyclic amines) is 1. The third kappa shape index (κ3) is 3.36. The topological polar surface area (TPSA) is 75.2 Å². The number of aromatic nitrogens is 2. The van der Waals surface area contributed by atoms with E-state index >= 15 is 0 Å². The highest BCUT2D eigenvalue weighted by Crippen LogP contribution is 2.20. The third-order valence-corrected chi connectivity index (χ3v) is 3.92. The molecule has 1 fully saturated rings. The van der Waals surface area contributed by atoms with Gasteiger partial charge in [-0.2, -0.15) is 0 Å². The summed E-state index contributed by atoms with van der Waals surface area (Å²) >= 11 is 0. The fraction of sp³-hybridized carbons (Fsp3) is 0.294. The van der Waals surface area contributed by atoms with E-state index in [1.54, 1.807) is 17.3 Å². The highest BCUT2D eigenvalue weighted by molar-refractivity contribution is 5.97. The number of rotatable bonds is 4. The quantitative estimate of drug-likeness (QED) is 0.936. The maximum Gasteiger partial charge on any atom is 0.229 e. The zero-order valence-corrected chi connectivity index (χ0v) is 12.9. The van der Waals surface area contributed by atoms with Crippen LogP contribution in [0.4, 0.5) is 5.69 Å². The summed E-state index contributed by atoms with van der Waals surface area (Å²) in [5.74, 6) is 0.168. The summed E-state index contributed by atoms with van der Waals surface area (Å²) in [5, 5.41) is 2.78. The number of nitrogens with one attached hydrogen (secondary N) is 1. The van der Waals surface area contributed by atoms with Crippen molar-refractivity contribution >= 4 is 17.5 Å². The first-order valence-electron chi connectivity index (χ1n) is 7.63. The molecule has 6 heteroatoms. The lowest BCUT2D eigenvalue weighted by Crippen LogP contribution is -2.28. The zero-order valence-electron chi connectivity index (χ0n) is 12.9. The molecule has 2 aromatic rings. The molecule has 118 valence electrons. The van der Waals surface area contributed by atoms with Gasteiger partial charge in [-0.1, -0.05) is 30.3 Å². The molecule has 3 rings (SSSR count). The van der Waals surface area contributed by atoms with Crippen molar-refractivity contribution in [1.29, 1.82) is 0 Å². The van der Waals surface area contributed by atoms with Crippen molar-refractivity contribution in [2.24, 2.45) is 5.92 Å². The highest BCUT2D eigenvalue weighted by Gasteiger charge is 2.33. The van der Waals surface area contributed by atoms with E-state index in [-0.39, 0.29) is 24.2 Å². The molecule has 1 aromatic carbocycles. The van der Waals surface area contributed by atoms with E-state index in [0.717, 1.165) is 5.56 Å². The van der Waals surface area contributed by atoms with Crippen LogP contribution in [0.3, 0.4) is 0 Å². The maximum atomic E-state index is 12.2. The van der Waals surface area contributed by atoms with Gasteiger partial charge in [-0.05, 0) is 6.92 Å². The minimum atomic E-state index is -0.309. The van der Waals surface area contributed by atoms with Crippen molar-refractivity contribution in [3.63, 3.8) is 0 Å². The van der Waals surface area contributed by atoms with Crippen molar-refractivity contribution < 1.29 is 9.59 Å². The number of benzene rings is 1. The fourth-order valence-electron chi connectivity index (χ4n) is 2.63. The fourth-order valence-corrected chi connectivity index (χ4v) is 2.63. The minimum absolute atomic E-state index is 0.0309. The van der Waals surface area contributed by atoms with E-state index in [2.05, 4.69) is 15.3 Å². The molecule has 1 N–H and O–H groups in total.